The molecule has 29 heavy (non-hydrogen) atoms. The molecular weight excluding hydrogens is 437 g/mol. The van der Waals surface area contributed by atoms with Crippen LogP contribution in [0.1, 0.15) is 0 Å². The standard InChI is InChI=1S/C19H13ClFN3O3S2/c1-24(13-6-4-5-12(20)11-13)29(25,26)16-9-10-28-17(16)19-22-18(23-27-19)14-7-2-3-8-15(14)21/h2-11H,1H3. The molecule has 0 unspecified atom stereocenters. The molecule has 2 heterocycles. The van der Waals surface area contributed by atoms with Gasteiger partial charge in [0.05, 0.1) is 11.3 Å². The molecule has 2 aromatic heterocycles. The Balaban J connectivity index is 1.73. The number of hydrogen-bond donors (Lipinski definition) is 0. The third kappa shape index (κ3) is 3.64. The second-order valence-corrected chi connectivity index (χ2v) is 9.26. The fourth-order valence-electron chi connectivity index (χ4n) is 2.68. The second kappa shape index (κ2) is 7.58. The van der Waals surface area contributed by atoms with Crippen LogP contribution >= 0.6 is 22.9 Å². The zero-order chi connectivity index (χ0) is 20.6. The van der Waals surface area contributed by atoms with Crippen molar-refractivity contribution in [3.8, 4) is 22.2 Å². The molecule has 4 rings (SSSR count). The summed E-state index contributed by atoms with van der Waals surface area (Å²) in [6.45, 7) is 0. The van der Waals surface area contributed by atoms with Gasteiger partial charge in [0.15, 0.2) is 0 Å². The van der Waals surface area contributed by atoms with Crippen molar-refractivity contribution >= 4 is 38.6 Å². The van der Waals surface area contributed by atoms with Gasteiger partial charge in [-0.25, -0.2) is 12.8 Å². The van der Waals surface area contributed by atoms with E-state index >= 15 is 0 Å². The van der Waals surface area contributed by atoms with Crippen LogP contribution in [0.15, 0.2) is 69.4 Å². The Labute approximate surface area is 175 Å². The molecule has 0 bridgehead atoms. The average molecular weight is 450 g/mol. The molecule has 4 aromatic rings. The quantitative estimate of drug-likeness (QED) is 0.424. The Morgan fingerprint density at radius 3 is 2.69 bits per heavy atom. The van der Waals surface area contributed by atoms with Gasteiger partial charge >= 0.3 is 0 Å². The summed E-state index contributed by atoms with van der Waals surface area (Å²) in [5, 5.41) is 5.83. The zero-order valence-electron chi connectivity index (χ0n) is 14.9. The maximum atomic E-state index is 14.0. The van der Waals surface area contributed by atoms with Gasteiger partial charge in [-0.3, -0.25) is 4.31 Å². The summed E-state index contributed by atoms with van der Waals surface area (Å²) < 4.78 is 46.7. The van der Waals surface area contributed by atoms with Crippen molar-refractivity contribution in [3.63, 3.8) is 0 Å². The topological polar surface area (TPSA) is 76.3 Å². The number of benzene rings is 2. The molecule has 0 aliphatic heterocycles. The van der Waals surface area contributed by atoms with E-state index in [1.165, 1.54) is 25.2 Å². The summed E-state index contributed by atoms with van der Waals surface area (Å²) in [4.78, 5) is 4.47. The predicted octanol–water partition coefficient (Wildman–Crippen LogP) is 5.08. The molecule has 0 N–H and O–H groups in total. The Morgan fingerprint density at radius 2 is 1.93 bits per heavy atom. The summed E-state index contributed by atoms with van der Waals surface area (Å²) in [6, 6.07) is 14.0. The molecular formula is C19H13ClFN3O3S2. The zero-order valence-corrected chi connectivity index (χ0v) is 17.3. The number of rotatable bonds is 5. The van der Waals surface area contributed by atoms with Gasteiger partial charge in [0, 0.05) is 12.1 Å². The van der Waals surface area contributed by atoms with Crippen LogP contribution in [-0.4, -0.2) is 25.6 Å². The lowest BCUT2D eigenvalue weighted by Crippen LogP contribution is -2.26. The number of hydrogen-bond acceptors (Lipinski definition) is 6. The van der Waals surface area contributed by atoms with E-state index in [1.54, 1.807) is 41.8 Å². The third-order valence-electron chi connectivity index (χ3n) is 4.17. The van der Waals surface area contributed by atoms with E-state index in [9.17, 15) is 12.8 Å². The highest BCUT2D eigenvalue weighted by molar-refractivity contribution is 7.93. The summed E-state index contributed by atoms with van der Waals surface area (Å²) >= 11 is 7.12. The first kappa shape index (κ1) is 19.6. The number of aromatic nitrogens is 2. The Kier molecular flexibility index (Phi) is 5.12. The Morgan fingerprint density at radius 1 is 1.14 bits per heavy atom. The molecule has 0 fully saturated rings. The normalized spacial score (nSPS) is 11.6. The monoisotopic (exact) mass is 449 g/mol. The van der Waals surface area contributed by atoms with E-state index in [4.69, 9.17) is 16.1 Å². The molecule has 0 saturated carbocycles. The Bertz CT molecular complexity index is 1290. The lowest BCUT2D eigenvalue weighted by Gasteiger charge is -2.19. The van der Waals surface area contributed by atoms with Gasteiger partial charge in [0.25, 0.3) is 15.9 Å². The van der Waals surface area contributed by atoms with Gasteiger partial charge in [-0.15, -0.1) is 11.3 Å². The van der Waals surface area contributed by atoms with E-state index in [0.29, 0.717) is 10.7 Å². The number of anilines is 1. The van der Waals surface area contributed by atoms with Gasteiger partial charge < -0.3 is 4.52 Å². The van der Waals surface area contributed by atoms with Crippen LogP contribution in [0.5, 0.6) is 0 Å². The first-order valence-corrected chi connectivity index (χ1v) is 11.0. The van der Waals surface area contributed by atoms with Crippen molar-refractivity contribution in [2.45, 2.75) is 4.90 Å². The SMILES string of the molecule is CN(c1cccc(Cl)c1)S(=O)(=O)c1ccsc1-c1nc(-c2ccccc2F)no1. The summed E-state index contributed by atoms with van der Waals surface area (Å²) in [5.74, 6) is -0.464. The molecule has 0 amide bonds. The smallest absolute Gasteiger partial charge is 0.269 e. The highest BCUT2D eigenvalue weighted by Crippen LogP contribution is 2.36. The number of sulfonamides is 1. The third-order valence-corrected chi connectivity index (χ3v) is 7.27. The van der Waals surface area contributed by atoms with Gasteiger partial charge in [-0.2, -0.15) is 4.98 Å². The van der Waals surface area contributed by atoms with E-state index in [-0.39, 0.29) is 27.1 Å². The lowest BCUT2D eigenvalue weighted by atomic mass is 10.2. The summed E-state index contributed by atoms with van der Waals surface area (Å²) in [5.41, 5.74) is 0.576. The lowest BCUT2D eigenvalue weighted by molar-refractivity contribution is 0.432. The predicted molar refractivity (Wildman–Crippen MR) is 110 cm³/mol. The maximum absolute atomic E-state index is 14.0. The number of thiophene rings is 1. The van der Waals surface area contributed by atoms with Crippen LogP contribution in [0.4, 0.5) is 10.1 Å². The minimum absolute atomic E-state index is 0.00341. The largest absolute Gasteiger partial charge is 0.333 e. The average Bonchev–Trinajstić information content (AvgIpc) is 3.37. The van der Waals surface area contributed by atoms with Crippen molar-refractivity contribution in [2.24, 2.45) is 0 Å². The molecule has 148 valence electrons. The molecule has 10 heteroatoms. The second-order valence-electron chi connectivity index (χ2n) is 5.97. The van der Waals surface area contributed by atoms with Crippen LogP contribution in [0.25, 0.3) is 22.2 Å². The van der Waals surface area contributed by atoms with Crippen LogP contribution in [0.2, 0.25) is 5.02 Å². The molecule has 0 spiro atoms. The molecule has 0 aliphatic carbocycles. The number of halogens is 2. The first-order valence-electron chi connectivity index (χ1n) is 8.29. The van der Waals surface area contributed by atoms with Crippen LogP contribution < -0.4 is 4.31 Å². The minimum atomic E-state index is -3.92. The summed E-state index contributed by atoms with van der Waals surface area (Å²) in [6.07, 6.45) is 0. The maximum Gasteiger partial charge on any atom is 0.269 e. The van der Waals surface area contributed by atoms with E-state index in [1.807, 2.05) is 0 Å². The van der Waals surface area contributed by atoms with Crippen molar-refractivity contribution in [3.05, 3.63) is 70.8 Å². The summed E-state index contributed by atoms with van der Waals surface area (Å²) in [7, 11) is -2.49. The Hall–Kier alpha value is -2.75. The van der Waals surface area contributed by atoms with Gasteiger partial charge in [-0.05, 0) is 41.8 Å². The molecule has 0 saturated heterocycles. The van der Waals surface area contributed by atoms with Gasteiger partial charge in [0.2, 0.25) is 5.82 Å². The van der Waals surface area contributed by atoms with Crippen LogP contribution in [0, 0.1) is 5.82 Å². The van der Waals surface area contributed by atoms with Crippen molar-refractivity contribution in [1.29, 1.82) is 0 Å². The van der Waals surface area contributed by atoms with Gasteiger partial charge in [-0.1, -0.05) is 35.0 Å². The van der Waals surface area contributed by atoms with Crippen LogP contribution in [-0.2, 0) is 10.0 Å². The molecule has 0 atom stereocenters. The van der Waals surface area contributed by atoms with E-state index < -0.39 is 15.8 Å². The van der Waals surface area contributed by atoms with E-state index in [2.05, 4.69) is 10.1 Å². The molecule has 2 aromatic carbocycles. The first-order chi connectivity index (χ1) is 13.9. The highest BCUT2D eigenvalue weighted by atomic mass is 35.5. The molecule has 0 aliphatic rings. The molecule has 0 radical (unpaired) electrons. The van der Waals surface area contributed by atoms with Gasteiger partial charge in [0.1, 0.15) is 15.6 Å². The highest BCUT2D eigenvalue weighted by Gasteiger charge is 2.29. The van der Waals surface area contributed by atoms with Crippen molar-refractivity contribution in [1.82, 2.24) is 10.1 Å². The van der Waals surface area contributed by atoms with Crippen LogP contribution in [0.3, 0.4) is 0 Å². The molecule has 6 nitrogen and oxygen atoms in total. The van der Waals surface area contributed by atoms with Crippen molar-refractivity contribution in [2.75, 3.05) is 11.4 Å². The van der Waals surface area contributed by atoms with E-state index in [0.717, 1.165) is 15.6 Å². The minimum Gasteiger partial charge on any atom is -0.333 e. The fraction of sp³-hybridized carbons (Fsp3) is 0.0526. The fourth-order valence-corrected chi connectivity index (χ4v) is 5.37. The number of nitrogens with zero attached hydrogens (tertiary/aromatic N) is 3. The van der Waals surface area contributed by atoms with Crippen molar-refractivity contribution < 1.29 is 17.3 Å².